The van der Waals surface area contributed by atoms with Crippen molar-refractivity contribution in [3.63, 3.8) is 0 Å². The van der Waals surface area contributed by atoms with Crippen LogP contribution >= 0.6 is 0 Å². The van der Waals surface area contributed by atoms with Crippen LogP contribution in [0.15, 0.2) is 0 Å². The fraction of sp³-hybridized carbons (Fsp3) is 1.00. The van der Waals surface area contributed by atoms with Gasteiger partial charge in [-0.15, -0.1) is 0 Å². The van der Waals surface area contributed by atoms with Crippen LogP contribution in [0.3, 0.4) is 0 Å². The highest BCUT2D eigenvalue weighted by molar-refractivity contribution is 7.89. The summed E-state index contributed by atoms with van der Waals surface area (Å²) in [5.41, 5.74) is 0. The molecule has 1 heterocycles. The van der Waals surface area contributed by atoms with Gasteiger partial charge in [0.25, 0.3) is 0 Å². The van der Waals surface area contributed by atoms with Crippen LogP contribution in [0.5, 0.6) is 0 Å². The van der Waals surface area contributed by atoms with E-state index in [4.69, 9.17) is 0 Å². The van der Waals surface area contributed by atoms with Crippen LogP contribution in [0, 0.1) is 0 Å². The third-order valence-corrected chi connectivity index (χ3v) is 4.41. The van der Waals surface area contributed by atoms with Gasteiger partial charge in [0.1, 0.15) is 0 Å². The number of piperazine rings is 1. The van der Waals surface area contributed by atoms with Gasteiger partial charge in [-0.2, -0.15) is 4.31 Å². The molecule has 4 nitrogen and oxygen atoms in total. The molecule has 78 valence electrons. The Hall–Kier alpha value is -0.130. The van der Waals surface area contributed by atoms with E-state index in [1.54, 1.807) is 11.2 Å². The van der Waals surface area contributed by atoms with Gasteiger partial charge in [0.05, 0.1) is 5.75 Å². The highest BCUT2D eigenvalue weighted by Crippen LogP contribution is 2.12. The van der Waals surface area contributed by atoms with E-state index in [-0.39, 0.29) is 11.8 Å². The lowest BCUT2D eigenvalue weighted by molar-refractivity contribution is 0.262. The Morgan fingerprint density at radius 1 is 1.46 bits per heavy atom. The van der Waals surface area contributed by atoms with E-state index in [2.05, 4.69) is 5.32 Å². The summed E-state index contributed by atoms with van der Waals surface area (Å²) in [7, 11) is -2.99. The molecule has 1 saturated heterocycles. The molecule has 1 fully saturated rings. The van der Waals surface area contributed by atoms with Crippen molar-refractivity contribution in [1.29, 1.82) is 0 Å². The second-order valence-electron chi connectivity index (χ2n) is 3.28. The van der Waals surface area contributed by atoms with Gasteiger partial charge in [-0.25, -0.2) is 8.42 Å². The zero-order valence-corrected chi connectivity index (χ0v) is 9.10. The van der Waals surface area contributed by atoms with E-state index in [9.17, 15) is 8.42 Å². The summed E-state index contributed by atoms with van der Waals surface area (Å²) in [6.45, 7) is 5.90. The molecule has 1 aliphatic rings. The summed E-state index contributed by atoms with van der Waals surface area (Å²) < 4.78 is 24.9. The lowest BCUT2D eigenvalue weighted by atomic mass is 10.2. The van der Waals surface area contributed by atoms with E-state index >= 15 is 0 Å². The fourth-order valence-corrected chi connectivity index (χ4v) is 3.00. The Morgan fingerprint density at radius 3 is 2.69 bits per heavy atom. The normalized spacial score (nSPS) is 26.2. The van der Waals surface area contributed by atoms with Gasteiger partial charge >= 0.3 is 0 Å². The molecule has 0 unspecified atom stereocenters. The summed E-state index contributed by atoms with van der Waals surface area (Å²) >= 11 is 0. The first kappa shape index (κ1) is 10.9. The molecule has 0 amide bonds. The number of hydrogen-bond acceptors (Lipinski definition) is 3. The van der Waals surface area contributed by atoms with Crippen LogP contribution in [0.25, 0.3) is 0 Å². The first-order chi connectivity index (χ1) is 6.11. The quantitative estimate of drug-likeness (QED) is 0.708. The summed E-state index contributed by atoms with van der Waals surface area (Å²) in [4.78, 5) is 0. The number of rotatable bonds is 3. The van der Waals surface area contributed by atoms with Gasteiger partial charge in [0.2, 0.25) is 10.0 Å². The van der Waals surface area contributed by atoms with Crippen molar-refractivity contribution < 1.29 is 8.42 Å². The van der Waals surface area contributed by atoms with E-state index in [0.717, 1.165) is 19.5 Å². The number of nitrogens with one attached hydrogen (secondary N) is 1. The molecule has 0 aliphatic carbocycles. The van der Waals surface area contributed by atoms with E-state index in [1.165, 1.54) is 0 Å². The fourth-order valence-electron chi connectivity index (χ4n) is 1.62. The first-order valence-corrected chi connectivity index (χ1v) is 6.43. The molecule has 0 bridgehead atoms. The van der Waals surface area contributed by atoms with Crippen LogP contribution < -0.4 is 5.32 Å². The molecule has 5 heteroatoms. The largest absolute Gasteiger partial charge is 0.314 e. The monoisotopic (exact) mass is 206 g/mol. The minimum Gasteiger partial charge on any atom is -0.314 e. The number of nitrogens with zero attached hydrogens (tertiary/aromatic N) is 1. The van der Waals surface area contributed by atoms with Gasteiger partial charge in [-0.3, -0.25) is 0 Å². The van der Waals surface area contributed by atoms with Crippen LogP contribution in [0.2, 0.25) is 0 Å². The Morgan fingerprint density at radius 2 is 2.15 bits per heavy atom. The first-order valence-electron chi connectivity index (χ1n) is 4.82. The summed E-state index contributed by atoms with van der Waals surface area (Å²) in [6, 6.07) is 0.152. The third-order valence-electron chi connectivity index (χ3n) is 2.49. The Bertz CT molecular complexity index is 251. The van der Waals surface area contributed by atoms with Crippen molar-refractivity contribution in [2.24, 2.45) is 0 Å². The average molecular weight is 206 g/mol. The van der Waals surface area contributed by atoms with Crippen LogP contribution in [0.4, 0.5) is 0 Å². The molecule has 0 spiro atoms. The van der Waals surface area contributed by atoms with Crippen molar-refractivity contribution in [3.05, 3.63) is 0 Å². The molecular formula is C8H18N2O2S. The standard InChI is InChI=1S/C8H18N2O2S/c1-3-8-7-9-5-6-10(8)13(11,12)4-2/h8-9H,3-7H2,1-2H3/t8-/m0/s1. The summed E-state index contributed by atoms with van der Waals surface area (Å²) in [5.74, 6) is 0.212. The average Bonchev–Trinajstić information content (AvgIpc) is 2.18. The number of hydrogen-bond donors (Lipinski definition) is 1. The van der Waals surface area contributed by atoms with Crippen LogP contribution in [-0.2, 0) is 10.0 Å². The SMILES string of the molecule is CC[C@H]1CNCCN1S(=O)(=O)CC. The molecule has 1 rings (SSSR count). The smallest absolute Gasteiger partial charge is 0.214 e. The topological polar surface area (TPSA) is 49.4 Å². The van der Waals surface area contributed by atoms with Gasteiger partial charge in [0, 0.05) is 25.7 Å². The van der Waals surface area contributed by atoms with Gasteiger partial charge in [0.15, 0.2) is 0 Å². The van der Waals surface area contributed by atoms with Gasteiger partial charge in [-0.1, -0.05) is 6.92 Å². The maximum absolute atomic E-state index is 11.6. The molecule has 1 N–H and O–H groups in total. The molecule has 0 saturated carbocycles. The van der Waals surface area contributed by atoms with Crippen molar-refractivity contribution in [1.82, 2.24) is 9.62 Å². The molecule has 0 radical (unpaired) electrons. The molecule has 0 aromatic carbocycles. The zero-order valence-electron chi connectivity index (χ0n) is 8.28. The minimum absolute atomic E-state index is 0.152. The van der Waals surface area contributed by atoms with E-state index < -0.39 is 10.0 Å². The highest BCUT2D eigenvalue weighted by atomic mass is 32.2. The summed E-state index contributed by atoms with van der Waals surface area (Å²) in [6.07, 6.45) is 0.881. The van der Waals surface area contributed by atoms with Crippen molar-refractivity contribution in [2.45, 2.75) is 26.3 Å². The van der Waals surface area contributed by atoms with E-state index in [1.807, 2.05) is 6.92 Å². The lowest BCUT2D eigenvalue weighted by Gasteiger charge is -2.34. The van der Waals surface area contributed by atoms with Gasteiger partial charge < -0.3 is 5.32 Å². The Balaban J connectivity index is 2.75. The predicted octanol–water partition coefficient (Wildman–Crippen LogP) is 0.0199. The second-order valence-corrected chi connectivity index (χ2v) is 5.49. The summed E-state index contributed by atoms with van der Waals surface area (Å²) in [5, 5.41) is 3.21. The van der Waals surface area contributed by atoms with Crippen LogP contribution in [-0.4, -0.2) is 44.2 Å². The van der Waals surface area contributed by atoms with Crippen molar-refractivity contribution in [2.75, 3.05) is 25.4 Å². The van der Waals surface area contributed by atoms with Gasteiger partial charge in [-0.05, 0) is 13.3 Å². The maximum Gasteiger partial charge on any atom is 0.214 e. The van der Waals surface area contributed by atoms with E-state index in [0.29, 0.717) is 6.54 Å². The Kier molecular flexibility index (Phi) is 3.70. The third kappa shape index (κ3) is 2.42. The molecule has 0 aromatic heterocycles. The van der Waals surface area contributed by atoms with Crippen LogP contribution in [0.1, 0.15) is 20.3 Å². The highest BCUT2D eigenvalue weighted by Gasteiger charge is 2.29. The second kappa shape index (κ2) is 4.39. The van der Waals surface area contributed by atoms with Crippen molar-refractivity contribution >= 4 is 10.0 Å². The Labute approximate surface area is 80.4 Å². The molecule has 1 aliphatic heterocycles. The van der Waals surface area contributed by atoms with Crippen molar-refractivity contribution in [3.8, 4) is 0 Å². The minimum atomic E-state index is -2.99. The lowest BCUT2D eigenvalue weighted by Crippen LogP contribution is -2.53. The molecule has 13 heavy (non-hydrogen) atoms. The molecular weight excluding hydrogens is 188 g/mol. The number of sulfonamides is 1. The maximum atomic E-state index is 11.6. The molecule has 1 atom stereocenters. The zero-order chi connectivity index (χ0) is 9.90. The predicted molar refractivity (Wildman–Crippen MR) is 53.1 cm³/mol. The molecule has 0 aromatic rings.